The summed E-state index contributed by atoms with van der Waals surface area (Å²) in [6, 6.07) is 0.379. The lowest BCUT2D eigenvalue weighted by Crippen LogP contribution is -2.59. The van der Waals surface area contributed by atoms with Crippen LogP contribution in [0.3, 0.4) is 0 Å². The van der Waals surface area contributed by atoms with Gasteiger partial charge in [0.25, 0.3) is 10.1 Å². The van der Waals surface area contributed by atoms with E-state index in [1.807, 2.05) is 37.9 Å². The molecule has 9 nitrogen and oxygen atoms in total. The molecule has 190 valence electrons. The lowest BCUT2D eigenvalue weighted by atomic mass is 10.1. The number of unbranched alkanes of at least 4 members (excludes halogenated alkanes) is 3. The fraction of sp³-hybridized carbons (Fsp3) is 0.857. The van der Waals surface area contributed by atoms with Gasteiger partial charge in [-0.1, -0.05) is 40.0 Å². The van der Waals surface area contributed by atoms with Crippen molar-refractivity contribution in [2.45, 2.75) is 85.1 Å². The maximum Gasteiger partial charge on any atom is 0.471 e. The summed E-state index contributed by atoms with van der Waals surface area (Å²) in [6.45, 7) is 13.7. The highest BCUT2D eigenvalue weighted by molar-refractivity contribution is 7.87. The molecule has 32 heavy (non-hydrogen) atoms. The van der Waals surface area contributed by atoms with E-state index in [0.29, 0.717) is 23.3 Å². The largest absolute Gasteiger partial charge is 0.471 e. The quantitative estimate of drug-likeness (QED) is 0.182. The van der Waals surface area contributed by atoms with Gasteiger partial charge in [-0.3, -0.25) is 4.55 Å². The normalized spacial score (nSPS) is 13.4. The third kappa shape index (κ3) is 10.6. The van der Waals surface area contributed by atoms with Gasteiger partial charge in [-0.25, -0.2) is 0 Å². The second kappa shape index (κ2) is 14.2. The summed E-state index contributed by atoms with van der Waals surface area (Å²) in [5, 5.41) is -0.581. The molecule has 1 N–H and O–H groups in total. The van der Waals surface area contributed by atoms with Crippen LogP contribution in [0.2, 0.25) is 0 Å². The summed E-state index contributed by atoms with van der Waals surface area (Å²) in [4.78, 5) is 0. The van der Waals surface area contributed by atoms with Gasteiger partial charge in [0, 0.05) is 6.92 Å². The van der Waals surface area contributed by atoms with Gasteiger partial charge in [0.15, 0.2) is 0 Å². The zero-order chi connectivity index (χ0) is 25.0. The van der Waals surface area contributed by atoms with Crippen LogP contribution in [0, 0.1) is 0 Å². The molecular formula is C21H45N3O6S2+2. The average Bonchev–Trinajstić information content (AvgIpc) is 3.05. The van der Waals surface area contributed by atoms with E-state index in [2.05, 4.69) is 20.8 Å². The molecule has 0 bridgehead atoms. The van der Waals surface area contributed by atoms with Crippen molar-refractivity contribution in [3.8, 4) is 6.01 Å². The molecule has 0 amide bonds. The molecule has 0 saturated carbocycles. The van der Waals surface area contributed by atoms with Crippen LogP contribution >= 0.6 is 0 Å². The maximum absolute atomic E-state index is 13.3. The van der Waals surface area contributed by atoms with Gasteiger partial charge in [0.1, 0.15) is 12.4 Å². The van der Waals surface area contributed by atoms with E-state index in [1.54, 1.807) is 4.57 Å². The van der Waals surface area contributed by atoms with Crippen LogP contribution in [0.25, 0.3) is 0 Å². The van der Waals surface area contributed by atoms with Crippen molar-refractivity contribution < 1.29 is 34.6 Å². The summed E-state index contributed by atoms with van der Waals surface area (Å²) < 4.78 is 62.3. The molecular weight excluding hydrogens is 454 g/mol. The van der Waals surface area contributed by atoms with Crippen molar-refractivity contribution >= 4 is 20.2 Å². The van der Waals surface area contributed by atoms with Gasteiger partial charge < -0.3 is 8.67 Å². The number of imidazole rings is 1. The lowest BCUT2D eigenvalue weighted by molar-refractivity contribution is -0.937. The predicted molar refractivity (Wildman–Crippen MR) is 127 cm³/mol. The Labute approximate surface area is 195 Å². The topological polar surface area (TPSA) is 107 Å². The summed E-state index contributed by atoms with van der Waals surface area (Å²) in [7, 11) is -5.61. The monoisotopic (exact) mass is 499 g/mol. The highest BCUT2D eigenvalue weighted by atomic mass is 32.2. The van der Waals surface area contributed by atoms with E-state index >= 15 is 0 Å². The van der Waals surface area contributed by atoms with Gasteiger partial charge in [0.05, 0.1) is 39.5 Å². The SMILES string of the molecule is CCCC[N+](CCCC)(CCCC)C(C)S(=O)(=O)Oc1n(CC)cc[n+]1C.CS(=O)(=O)O. The molecule has 1 unspecified atom stereocenters. The molecule has 1 aromatic heterocycles. The van der Waals surface area contributed by atoms with E-state index in [-0.39, 0.29) is 0 Å². The van der Waals surface area contributed by atoms with E-state index in [1.165, 1.54) is 0 Å². The molecule has 11 heteroatoms. The molecule has 0 aliphatic heterocycles. The summed E-state index contributed by atoms with van der Waals surface area (Å²) in [5.41, 5.74) is 0. The van der Waals surface area contributed by atoms with Crippen LogP contribution in [0.4, 0.5) is 0 Å². The number of rotatable bonds is 14. The molecule has 1 atom stereocenters. The fourth-order valence-corrected chi connectivity index (χ4v) is 5.03. The van der Waals surface area contributed by atoms with Crippen molar-refractivity contribution in [2.75, 3.05) is 25.9 Å². The van der Waals surface area contributed by atoms with Crippen molar-refractivity contribution in [1.82, 2.24) is 4.57 Å². The van der Waals surface area contributed by atoms with Crippen molar-refractivity contribution in [3.63, 3.8) is 0 Å². The first-order valence-corrected chi connectivity index (χ1v) is 14.9. The molecule has 0 aliphatic carbocycles. The van der Waals surface area contributed by atoms with E-state index in [4.69, 9.17) is 8.74 Å². The molecule has 0 spiro atoms. The minimum Gasteiger partial charge on any atom is -0.306 e. The Kier molecular flexibility index (Phi) is 13.7. The van der Waals surface area contributed by atoms with Crippen molar-refractivity contribution in [3.05, 3.63) is 12.4 Å². The van der Waals surface area contributed by atoms with Crippen LogP contribution in [0.5, 0.6) is 6.01 Å². The molecule has 1 heterocycles. The standard InChI is InChI=1S/C20H41N3O3S.CH4O3S/c1-7-11-16-23(17-12-8-2,18-13-9-3)19(5)27(24,25)26-20-21(6)14-15-22(20)10-4;1-5(2,3)4/h14-15,19H,7-13,16-18H2,1-6H3;1H3,(H,2,3,4)/q+2;. The number of hydrogen-bond acceptors (Lipinski definition) is 5. The number of hydrogen-bond donors (Lipinski definition) is 1. The number of aryl methyl sites for hydroxylation is 2. The molecule has 0 aliphatic rings. The third-order valence-electron chi connectivity index (χ3n) is 5.61. The Hall–Kier alpha value is -1.17. The number of quaternary nitrogens is 1. The lowest BCUT2D eigenvalue weighted by Gasteiger charge is -2.42. The Morgan fingerprint density at radius 1 is 1.00 bits per heavy atom. The number of aromatic nitrogens is 2. The Morgan fingerprint density at radius 2 is 1.41 bits per heavy atom. The molecule has 1 aromatic rings. The number of nitrogens with zero attached hydrogens (tertiary/aromatic N) is 3. The zero-order valence-corrected chi connectivity index (χ0v) is 22.6. The van der Waals surface area contributed by atoms with Gasteiger partial charge in [0.2, 0.25) is 5.37 Å². The summed E-state index contributed by atoms with van der Waals surface area (Å²) in [6.07, 6.45) is 10.7. The van der Waals surface area contributed by atoms with E-state index in [0.717, 1.165) is 58.2 Å². The van der Waals surface area contributed by atoms with Crippen molar-refractivity contribution in [1.29, 1.82) is 0 Å². The summed E-state index contributed by atoms with van der Waals surface area (Å²) >= 11 is 0. The molecule has 0 saturated heterocycles. The van der Waals surface area contributed by atoms with Gasteiger partial charge >= 0.3 is 16.1 Å². The van der Waals surface area contributed by atoms with Crippen LogP contribution in [-0.4, -0.2) is 61.7 Å². The zero-order valence-electron chi connectivity index (χ0n) is 20.9. The molecule has 1 rings (SSSR count). The van der Waals surface area contributed by atoms with Gasteiger partial charge in [-0.2, -0.15) is 26.0 Å². The highest BCUT2D eigenvalue weighted by Crippen LogP contribution is 2.25. The first kappa shape index (κ1) is 30.8. The fourth-order valence-electron chi connectivity index (χ4n) is 3.61. The first-order chi connectivity index (χ1) is 14.8. The third-order valence-corrected chi connectivity index (χ3v) is 7.27. The Morgan fingerprint density at radius 3 is 1.75 bits per heavy atom. The van der Waals surface area contributed by atoms with Gasteiger partial charge in [-0.05, 0) is 26.2 Å². The molecule has 0 aromatic carbocycles. The van der Waals surface area contributed by atoms with Crippen LogP contribution in [-0.2, 0) is 33.8 Å². The van der Waals surface area contributed by atoms with Crippen LogP contribution in [0.15, 0.2) is 12.4 Å². The van der Waals surface area contributed by atoms with E-state index in [9.17, 15) is 16.8 Å². The first-order valence-electron chi connectivity index (χ1n) is 11.5. The van der Waals surface area contributed by atoms with Gasteiger partial charge in [-0.15, -0.1) is 0 Å². The predicted octanol–water partition coefficient (Wildman–Crippen LogP) is 3.11. The minimum absolute atomic E-state index is 0.379. The molecule has 0 radical (unpaired) electrons. The minimum atomic E-state index is -3.76. The average molecular weight is 500 g/mol. The second-order valence-corrected chi connectivity index (χ2v) is 11.6. The smallest absolute Gasteiger partial charge is 0.306 e. The Balaban J connectivity index is 0.00000172. The van der Waals surface area contributed by atoms with E-state index < -0.39 is 25.6 Å². The highest BCUT2D eigenvalue weighted by Gasteiger charge is 2.44. The Bertz CT molecular complexity index is 836. The summed E-state index contributed by atoms with van der Waals surface area (Å²) in [5.74, 6) is 0. The van der Waals surface area contributed by atoms with Crippen LogP contribution in [0.1, 0.15) is 73.1 Å². The van der Waals surface area contributed by atoms with Crippen molar-refractivity contribution in [2.24, 2.45) is 7.05 Å². The van der Waals surface area contributed by atoms with Crippen LogP contribution < -0.4 is 8.75 Å². The maximum atomic E-state index is 13.3. The molecule has 0 fully saturated rings. The second-order valence-electron chi connectivity index (χ2n) is 8.34.